The van der Waals surface area contributed by atoms with Gasteiger partial charge in [0.2, 0.25) is 0 Å². The lowest BCUT2D eigenvalue weighted by Crippen LogP contribution is -2.48. The minimum atomic E-state index is 0.0118. The molecule has 3 heterocycles. The van der Waals surface area contributed by atoms with Crippen LogP contribution in [-0.4, -0.2) is 57.4 Å². The van der Waals surface area contributed by atoms with E-state index in [4.69, 9.17) is 0 Å². The monoisotopic (exact) mass is 336 g/mol. The molecular weight excluding hydrogens is 316 g/mol. The molecule has 7 nitrogen and oxygen atoms in total. The predicted molar refractivity (Wildman–Crippen MR) is 95.5 cm³/mol. The van der Waals surface area contributed by atoms with Crippen molar-refractivity contribution in [3.8, 4) is 0 Å². The smallest absolute Gasteiger partial charge is 0.253 e. The highest BCUT2D eigenvalue weighted by Crippen LogP contribution is 2.22. The van der Waals surface area contributed by atoms with Crippen molar-refractivity contribution in [3.05, 3.63) is 48.2 Å². The van der Waals surface area contributed by atoms with Crippen LogP contribution in [0.25, 0.3) is 11.0 Å². The van der Waals surface area contributed by atoms with Crippen LogP contribution >= 0.6 is 0 Å². The Morgan fingerprint density at radius 3 is 2.96 bits per heavy atom. The topological polar surface area (TPSA) is 78.0 Å². The molecule has 1 aliphatic heterocycles. The summed E-state index contributed by atoms with van der Waals surface area (Å²) in [5.41, 5.74) is 2.11. The Balaban J connectivity index is 1.51. The van der Waals surface area contributed by atoms with Crippen LogP contribution in [0.4, 0.5) is 5.82 Å². The van der Waals surface area contributed by atoms with Gasteiger partial charge in [0.05, 0.1) is 0 Å². The molecule has 1 atom stereocenters. The maximum absolute atomic E-state index is 12.9. The van der Waals surface area contributed by atoms with Crippen LogP contribution < -0.4 is 4.90 Å². The number of anilines is 1. The van der Waals surface area contributed by atoms with Gasteiger partial charge in [-0.05, 0) is 43.2 Å². The maximum atomic E-state index is 12.9. The van der Waals surface area contributed by atoms with E-state index in [0.29, 0.717) is 11.1 Å². The molecule has 7 heteroatoms. The summed E-state index contributed by atoms with van der Waals surface area (Å²) < 4.78 is 0. The number of rotatable bonds is 3. The molecule has 4 rings (SSSR count). The second kappa shape index (κ2) is 6.51. The molecule has 1 aliphatic rings. The fourth-order valence-electron chi connectivity index (χ4n) is 3.36. The molecule has 1 amide bonds. The summed E-state index contributed by atoms with van der Waals surface area (Å²) in [5.74, 6) is 0.981. The van der Waals surface area contributed by atoms with Gasteiger partial charge in [-0.3, -0.25) is 4.79 Å². The van der Waals surface area contributed by atoms with Crippen molar-refractivity contribution in [2.45, 2.75) is 18.9 Å². The molecule has 0 spiro atoms. The molecule has 0 aliphatic carbocycles. The average Bonchev–Trinajstić information content (AvgIpc) is 3.15. The number of benzene rings is 1. The molecule has 0 saturated carbocycles. The standard InChI is InChI=1S/C18H20N6O/c1-23(18(25)13-7-8-15-16(11-13)21-22-20-15)14-5-4-10-24(12-14)17-6-2-3-9-19-17/h2-3,6-9,11,14H,4-5,10,12H2,1H3,(H,20,21,22). The molecular formula is C18H20N6O. The van der Waals surface area contributed by atoms with Gasteiger partial charge in [-0.2, -0.15) is 15.4 Å². The Bertz CT molecular complexity index is 877. The van der Waals surface area contributed by atoms with E-state index in [-0.39, 0.29) is 11.9 Å². The Morgan fingerprint density at radius 2 is 2.12 bits per heavy atom. The van der Waals surface area contributed by atoms with Crippen LogP contribution in [0.2, 0.25) is 0 Å². The largest absolute Gasteiger partial charge is 0.355 e. The van der Waals surface area contributed by atoms with Crippen LogP contribution in [0.1, 0.15) is 23.2 Å². The van der Waals surface area contributed by atoms with Gasteiger partial charge >= 0.3 is 0 Å². The first-order valence-corrected chi connectivity index (χ1v) is 8.46. The number of hydrogen-bond acceptors (Lipinski definition) is 5. The number of aromatic nitrogens is 4. The molecule has 0 radical (unpaired) electrons. The molecule has 1 saturated heterocycles. The van der Waals surface area contributed by atoms with E-state index in [2.05, 4.69) is 25.3 Å². The van der Waals surface area contributed by atoms with E-state index in [1.807, 2.05) is 42.3 Å². The highest BCUT2D eigenvalue weighted by molar-refractivity contribution is 5.97. The van der Waals surface area contributed by atoms with Gasteiger partial charge in [0.15, 0.2) is 0 Å². The van der Waals surface area contributed by atoms with Crippen LogP contribution in [0.5, 0.6) is 0 Å². The third-order valence-corrected chi connectivity index (χ3v) is 4.80. The van der Waals surface area contributed by atoms with Crippen LogP contribution in [0.3, 0.4) is 0 Å². The molecule has 1 unspecified atom stereocenters. The SMILES string of the molecule is CN(C(=O)c1ccc2n[nH]nc2c1)C1CCCN(c2ccccn2)C1. The third-order valence-electron chi connectivity index (χ3n) is 4.80. The number of carbonyl (C=O) groups excluding carboxylic acids is 1. The number of fused-ring (bicyclic) bond motifs is 1. The summed E-state index contributed by atoms with van der Waals surface area (Å²) in [5, 5.41) is 10.7. The number of amides is 1. The number of piperidine rings is 1. The Hall–Kier alpha value is -2.96. The molecule has 2 aromatic heterocycles. The number of pyridine rings is 1. The summed E-state index contributed by atoms with van der Waals surface area (Å²) in [6.45, 7) is 1.77. The number of nitrogens with one attached hydrogen (secondary N) is 1. The molecule has 1 fully saturated rings. The fraction of sp³-hybridized carbons (Fsp3) is 0.333. The van der Waals surface area contributed by atoms with Gasteiger partial charge in [0, 0.05) is 37.9 Å². The quantitative estimate of drug-likeness (QED) is 0.792. The summed E-state index contributed by atoms with van der Waals surface area (Å²) in [4.78, 5) is 21.4. The first kappa shape index (κ1) is 15.6. The van der Waals surface area contributed by atoms with Gasteiger partial charge in [0.1, 0.15) is 16.9 Å². The van der Waals surface area contributed by atoms with Gasteiger partial charge < -0.3 is 9.80 Å². The number of likely N-dealkylation sites (N-methyl/N-ethyl adjacent to an activating group) is 1. The minimum absolute atomic E-state index is 0.0118. The van der Waals surface area contributed by atoms with Crippen LogP contribution in [-0.2, 0) is 0 Å². The van der Waals surface area contributed by atoms with Crippen molar-refractivity contribution in [1.82, 2.24) is 25.3 Å². The molecule has 0 bridgehead atoms. The number of H-pyrrole nitrogens is 1. The Labute approximate surface area is 145 Å². The normalized spacial score (nSPS) is 17.6. The van der Waals surface area contributed by atoms with Crippen molar-refractivity contribution < 1.29 is 4.79 Å². The van der Waals surface area contributed by atoms with E-state index in [9.17, 15) is 4.79 Å². The van der Waals surface area contributed by atoms with Crippen LogP contribution in [0, 0.1) is 0 Å². The predicted octanol–water partition coefficient (Wildman–Crippen LogP) is 2.09. The molecule has 1 aromatic carbocycles. The van der Waals surface area contributed by atoms with Crippen molar-refractivity contribution in [3.63, 3.8) is 0 Å². The Kier molecular flexibility index (Phi) is 4.05. The zero-order chi connectivity index (χ0) is 17.2. The lowest BCUT2D eigenvalue weighted by atomic mass is 10.0. The summed E-state index contributed by atoms with van der Waals surface area (Å²) in [6.07, 6.45) is 3.85. The van der Waals surface area contributed by atoms with E-state index in [1.54, 1.807) is 12.3 Å². The highest BCUT2D eigenvalue weighted by Gasteiger charge is 2.27. The summed E-state index contributed by atoms with van der Waals surface area (Å²) >= 11 is 0. The van der Waals surface area contributed by atoms with Crippen molar-refractivity contribution in [2.24, 2.45) is 0 Å². The first-order chi connectivity index (χ1) is 12.2. The number of hydrogen-bond donors (Lipinski definition) is 1. The van der Waals surface area contributed by atoms with E-state index in [0.717, 1.165) is 37.3 Å². The van der Waals surface area contributed by atoms with Gasteiger partial charge in [0.25, 0.3) is 5.91 Å². The minimum Gasteiger partial charge on any atom is -0.355 e. The van der Waals surface area contributed by atoms with Gasteiger partial charge in [-0.1, -0.05) is 6.07 Å². The first-order valence-electron chi connectivity index (χ1n) is 8.46. The van der Waals surface area contributed by atoms with E-state index >= 15 is 0 Å². The lowest BCUT2D eigenvalue weighted by molar-refractivity contribution is 0.0717. The van der Waals surface area contributed by atoms with Gasteiger partial charge in [-0.25, -0.2) is 4.98 Å². The summed E-state index contributed by atoms with van der Waals surface area (Å²) in [7, 11) is 1.88. The van der Waals surface area contributed by atoms with Crippen molar-refractivity contribution in [2.75, 3.05) is 25.0 Å². The lowest BCUT2D eigenvalue weighted by Gasteiger charge is -2.38. The third kappa shape index (κ3) is 3.05. The molecule has 128 valence electrons. The van der Waals surface area contributed by atoms with Crippen LogP contribution in [0.15, 0.2) is 42.6 Å². The maximum Gasteiger partial charge on any atom is 0.253 e. The van der Waals surface area contributed by atoms with Crippen molar-refractivity contribution >= 4 is 22.8 Å². The average molecular weight is 336 g/mol. The Morgan fingerprint density at radius 1 is 1.24 bits per heavy atom. The zero-order valence-electron chi connectivity index (χ0n) is 14.1. The number of aromatic amines is 1. The second-order valence-corrected chi connectivity index (χ2v) is 6.37. The molecule has 25 heavy (non-hydrogen) atoms. The fourth-order valence-corrected chi connectivity index (χ4v) is 3.36. The molecule has 1 N–H and O–H groups in total. The summed E-state index contributed by atoms with van der Waals surface area (Å²) in [6, 6.07) is 11.5. The molecule has 3 aromatic rings. The number of nitrogens with zero attached hydrogens (tertiary/aromatic N) is 5. The highest BCUT2D eigenvalue weighted by atomic mass is 16.2. The van der Waals surface area contributed by atoms with Crippen molar-refractivity contribution in [1.29, 1.82) is 0 Å². The zero-order valence-corrected chi connectivity index (χ0v) is 14.1. The van der Waals surface area contributed by atoms with Gasteiger partial charge in [-0.15, -0.1) is 0 Å². The number of carbonyl (C=O) groups is 1. The van der Waals surface area contributed by atoms with E-state index < -0.39 is 0 Å². The second-order valence-electron chi connectivity index (χ2n) is 6.37. The van der Waals surface area contributed by atoms with E-state index in [1.165, 1.54) is 0 Å².